The minimum Gasteiger partial charge on any atom is -0.341 e. The molecular weight excluding hydrogens is 361 g/mol. The van der Waals surface area contributed by atoms with Gasteiger partial charge in [0.1, 0.15) is 5.82 Å². The summed E-state index contributed by atoms with van der Waals surface area (Å²) < 4.78 is 13.0. The second kappa shape index (κ2) is 8.20. The van der Waals surface area contributed by atoms with E-state index >= 15 is 0 Å². The number of piperidine rings is 1. The highest BCUT2D eigenvalue weighted by atomic mass is 19.1. The molecule has 7 nitrogen and oxygen atoms in total. The van der Waals surface area contributed by atoms with Gasteiger partial charge in [-0.15, -0.1) is 0 Å². The van der Waals surface area contributed by atoms with Crippen LogP contribution in [0.3, 0.4) is 0 Å². The van der Waals surface area contributed by atoms with Gasteiger partial charge in [-0.2, -0.15) is 0 Å². The van der Waals surface area contributed by atoms with Crippen LogP contribution >= 0.6 is 0 Å². The predicted molar refractivity (Wildman–Crippen MR) is 102 cm³/mol. The van der Waals surface area contributed by atoms with Gasteiger partial charge in [-0.3, -0.25) is 10.0 Å². The first kappa shape index (κ1) is 18.8. The molecular formula is C20H24FN5O2. The predicted octanol–water partition coefficient (Wildman–Crippen LogP) is 2.10. The molecule has 1 aliphatic heterocycles. The van der Waals surface area contributed by atoms with Gasteiger partial charge in [0.15, 0.2) is 0 Å². The molecule has 4 rings (SSSR count). The van der Waals surface area contributed by atoms with Crippen molar-refractivity contribution in [3.63, 3.8) is 0 Å². The molecule has 1 saturated heterocycles. The standard InChI is InChI=1S/C20H24FN5O2/c21-16-3-1-14(2-4-16)17-9-18(17)22-10-13-5-7-26(8-6-13)20-23-11-15(12-24-20)19(27)25-28/h1-4,11-13,17-18,22,28H,5-10H2,(H,25,27)/t17-,18+/m0/s1. The number of hydroxylamine groups is 1. The maximum Gasteiger partial charge on any atom is 0.277 e. The van der Waals surface area contributed by atoms with Crippen LogP contribution in [0.15, 0.2) is 36.7 Å². The maximum atomic E-state index is 13.0. The molecule has 2 aliphatic rings. The molecule has 0 unspecified atom stereocenters. The SMILES string of the molecule is O=C(NO)c1cnc(N2CCC(CN[C@@H]3C[C@H]3c3ccc(F)cc3)CC2)nc1. The van der Waals surface area contributed by atoms with Crippen LogP contribution in [0, 0.1) is 11.7 Å². The Balaban J connectivity index is 1.21. The number of nitrogens with one attached hydrogen (secondary N) is 2. The summed E-state index contributed by atoms with van der Waals surface area (Å²) in [6.07, 6.45) is 6.08. The number of hydrogen-bond donors (Lipinski definition) is 3. The summed E-state index contributed by atoms with van der Waals surface area (Å²) in [4.78, 5) is 21.9. The van der Waals surface area contributed by atoms with Gasteiger partial charge in [-0.05, 0) is 49.4 Å². The number of carbonyl (C=O) groups is 1. The molecule has 2 atom stereocenters. The van der Waals surface area contributed by atoms with Gasteiger partial charge in [0.05, 0.1) is 5.56 Å². The fraction of sp³-hybridized carbons (Fsp3) is 0.450. The molecule has 0 radical (unpaired) electrons. The zero-order valence-electron chi connectivity index (χ0n) is 15.5. The fourth-order valence-electron chi connectivity index (χ4n) is 3.82. The molecule has 0 spiro atoms. The number of halogens is 1. The number of anilines is 1. The second-order valence-electron chi connectivity index (χ2n) is 7.55. The Morgan fingerprint density at radius 1 is 1.18 bits per heavy atom. The van der Waals surface area contributed by atoms with Gasteiger partial charge < -0.3 is 10.2 Å². The van der Waals surface area contributed by atoms with E-state index in [1.165, 1.54) is 30.1 Å². The Morgan fingerprint density at radius 3 is 2.50 bits per heavy atom. The van der Waals surface area contributed by atoms with Crippen molar-refractivity contribution in [2.24, 2.45) is 5.92 Å². The van der Waals surface area contributed by atoms with Gasteiger partial charge in [0, 0.05) is 37.4 Å². The summed E-state index contributed by atoms with van der Waals surface area (Å²) in [5.74, 6) is 0.930. The van der Waals surface area contributed by atoms with Crippen molar-refractivity contribution in [1.29, 1.82) is 0 Å². The summed E-state index contributed by atoms with van der Waals surface area (Å²) in [5.41, 5.74) is 3.01. The van der Waals surface area contributed by atoms with Crippen LogP contribution in [-0.2, 0) is 0 Å². The van der Waals surface area contributed by atoms with Crippen molar-refractivity contribution in [1.82, 2.24) is 20.8 Å². The molecule has 0 bridgehead atoms. The average molecular weight is 385 g/mol. The number of benzene rings is 1. The van der Waals surface area contributed by atoms with Gasteiger partial charge in [-0.1, -0.05) is 12.1 Å². The quantitative estimate of drug-likeness (QED) is 0.521. The first-order valence-corrected chi connectivity index (χ1v) is 9.64. The molecule has 8 heteroatoms. The molecule has 3 N–H and O–H groups in total. The van der Waals surface area contributed by atoms with Crippen LogP contribution in [0.2, 0.25) is 0 Å². The van der Waals surface area contributed by atoms with E-state index in [9.17, 15) is 9.18 Å². The van der Waals surface area contributed by atoms with Crippen molar-refractivity contribution in [2.45, 2.75) is 31.2 Å². The zero-order valence-corrected chi connectivity index (χ0v) is 15.5. The lowest BCUT2D eigenvalue weighted by molar-refractivity contribution is 0.0705. The normalized spacial score (nSPS) is 22.1. The van der Waals surface area contributed by atoms with Crippen LogP contribution in [0.1, 0.15) is 41.1 Å². The van der Waals surface area contributed by atoms with E-state index in [2.05, 4.69) is 20.2 Å². The highest BCUT2D eigenvalue weighted by molar-refractivity contribution is 5.92. The van der Waals surface area contributed by atoms with Crippen molar-refractivity contribution in [3.8, 4) is 0 Å². The lowest BCUT2D eigenvalue weighted by Crippen LogP contribution is -2.38. The Kier molecular flexibility index (Phi) is 5.50. The molecule has 28 heavy (non-hydrogen) atoms. The molecule has 2 fully saturated rings. The first-order chi connectivity index (χ1) is 13.6. The Labute approximate surface area is 163 Å². The van der Waals surface area contributed by atoms with Crippen LogP contribution in [-0.4, -0.2) is 46.8 Å². The minimum atomic E-state index is -0.615. The molecule has 1 saturated carbocycles. The van der Waals surface area contributed by atoms with E-state index in [-0.39, 0.29) is 11.4 Å². The maximum absolute atomic E-state index is 13.0. The third kappa shape index (κ3) is 4.28. The number of aromatic nitrogens is 2. The van der Waals surface area contributed by atoms with E-state index in [4.69, 9.17) is 5.21 Å². The highest BCUT2D eigenvalue weighted by Crippen LogP contribution is 2.41. The van der Waals surface area contributed by atoms with Crippen LogP contribution in [0.5, 0.6) is 0 Å². The lowest BCUT2D eigenvalue weighted by atomic mass is 9.97. The Bertz CT molecular complexity index is 806. The summed E-state index contributed by atoms with van der Waals surface area (Å²) in [7, 11) is 0. The van der Waals surface area contributed by atoms with Crippen LogP contribution in [0.4, 0.5) is 10.3 Å². The largest absolute Gasteiger partial charge is 0.341 e. The number of nitrogens with zero attached hydrogens (tertiary/aromatic N) is 3. The average Bonchev–Trinajstić information content (AvgIpc) is 3.52. The summed E-state index contributed by atoms with van der Waals surface area (Å²) >= 11 is 0. The number of carbonyl (C=O) groups excluding carboxylic acids is 1. The fourth-order valence-corrected chi connectivity index (χ4v) is 3.82. The highest BCUT2D eigenvalue weighted by Gasteiger charge is 2.38. The summed E-state index contributed by atoms with van der Waals surface area (Å²) in [5, 5.41) is 12.3. The van der Waals surface area contributed by atoms with E-state index in [0.717, 1.165) is 38.9 Å². The monoisotopic (exact) mass is 385 g/mol. The number of hydrogen-bond acceptors (Lipinski definition) is 6. The third-order valence-electron chi connectivity index (χ3n) is 5.66. The van der Waals surface area contributed by atoms with Gasteiger partial charge in [0.2, 0.25) is 5.95 Å². The van der Waals surface area contributed by atoms with Gasteiger partial charge in [0.25, 0.3) is 5.91 Å². The van der Waals surface area contributed by atoms with E-state index < -0.39 is 5.91 Å². The van der Waals surface area contributed by atoms with Gasteiger partial charge >= 0.3 is 0 Å². The smallest absolute Gasteiger partial charge is 0.277 e. The first-order valence-electron chi connectivity index (χ1n) is 9.64. The van der Waals surface area contributed by atoms with Crippen molar-refractivity contribution in [3.05, 3.63) is 53.6 Å². The van der Waals surface area contributed by atoms with Crippen LogP contribution < -0.4 is 15.7 Å². The number of amides is 1. The summed E-state index contributed by atoms with van der Waals surface area (Å²) in [6, 6.07) is 7.33. The van der Waals surface area contributed by atoms with Crippen LogP contribution in [0.25, 0.3) is 0 Å². The molecule has 1 amide bonds. The third-order valence-corrected chi connectivity index (χ3v) is 5.66. The molecule has 148 valence electrons. The molecule has 2 aromatic rings. The lowest BCUT2D eigenvalue weighted by Gasteiger charge is -2.32. The van der Waals surface area contributed by atoms with E-state index in [1.807, 2.05) is 12.1 Å². The topological polar surface area (TPSA) is 90.4 Å². The molecule has 2 heterocycles. The Morgan fingerprint density at radius 2 is 1.86 bits per heavy atom. The van der Waals surface area contributed by atoms with Crippen molar-refractivity contribution in [2.75, 3.05) is 24.5 Å². The second-order valence-corrected chi connectivity index (χ2v) is 7.55. The zero-order chi connectivity index (χ0) is 19.5. The summed E-state index contributed by atoms with van der Waals surface area (Å²) in [6.45, 7) is 2.75. The molecule has 1 aromatic heterocycles. The van der Waals surface area contributed by atoms with Gasteiger partial charge in [-0.25, -0.2) is 19.8 Å². The number of rotatable bonds is 6. The molecule has 1 aromatic carbocycles. The van der Waals surface area contributed by atoms with E-state index in [1.54, 1.807) is 5.48 Å². The van der Waals surface area contributed by atoms with Crippen molar-refractivity contribution >= 4 is 11.9 Å². The Hall–Kier alpha value is -2.58. The minimum absolute atomic E-state index is 0.184. The molecule has 1 aliphatic carbocycles. The van der Waals surface area contributed by atoms with E-state index in [0.29, 0.717) is 23.8 Å². The van der Waals surface area contributed by atoms with Crippen molar-refractivity contribution < 1.29 is 14.4 Å².